The molecule has 0 bridgehead atoms. The summed E-state index contributed by atoms with van der Waals surface area (Å²) in [5.74, 6) is 0.703. The summed E-state index contributed by atoms with van der Waals surface area (Å²) < 4.78 is 13.4. The van der Waals surface area contributed by atoms with E-state index in [0.29, 0.717) is 18.2 Å². The molecule has 4 unspecified atom stereocenters. The maximum absolute atomic E-state index is 13.4. The van der Waals surface area contributed by atoms with Gasteiger partial charge in [0.25, 0.3) is 0 Å². The molecule has 170 valence electrons. The Bertz CT molecular complexity index is 825. The van der Waals surface area contributed by atoms with Crippen LogP contribution in [-0.4, -0.2) is 57.9 Å². The lowest BCUT2D eigenvalue weighted by Gasteiger charge is -2.32. The summed E-state index contributed by atoms with van der Waals surface area (Å²) in [5, 5.41) is 0. The summed E-state index contributed by atoms with van der Waals surface area (Å²) in [6.07, 6.45) is 6.50. The SMILES string of the molecule is CN(CCCCCC1CC(c2cccc(F)c2)NN1)C(=O)C1CSC2(C)CCC(=O)N12. The third-order valence-corrected chi connectivity index (χ3v) is 8.39. The number of fused-ring (bicyclic) bond motifs is 1. The predicted molar refractivity (Wildman–Crippen MR) is 121 cm³/mol. The van der Waals surface area contributed by atoms with Crippen LogP contribution in [0.1, 0.15) is 63.5 Å². The van der Waals surface area contributed by atoms with Gasteiger partial charge in [0.05, 0.1) is 4.87 Å². The number of halogens is 1. The van der Waals surface area contributed by atoms with E-state index in [1.54, 1.807) is 28.8 Å². The molecule has 3 heterocycles. The van der Waals surface area contributed by atoms with Crippen molar-refractivity contribution in [2.45, 2.75) is 74.9 Å². The van der Waals surface area contributed by atoms with Gasteiger partial charge < -0.3 is 9.80 Å². The number of rotatable bonds is 8. The molecule has 0 saturated carbocycles. The van der Waals surface area contributed by atoms with E-state index in [4.69, 9.17) is 0 Å². The van der Waals surface area contributed by atoms with E-state index in [9.17, 15) is 14.0 Å². The number of likely N-dealkylation sites (N-methyl/N-ethyl adjacent to an activating group) is 1. The Hall–Kier alpha value is -1.64. The van der Waals surface area contributed by atoms with Gasteiger partial charge in [-0.25, -0.2) is 4.39 Å². The zero-order valence-electron chi connectivity index (χ0n) is 18.4. The highest BCUT2D eigenvalue weighted by molar-refractivity contribution is 8.01. The fourth-order valence-electron chi connectivity index (χ4n) is 5.04. The van der Waals surface area contributed by atoms with Gasteiger partial charge in [-0.1, -0.05) is 25.0 Å². The maximum Gasteiger partial charge on any atom is 0.246 e. The molecule has 1 aromatic rings. The molecule has 0 aliphatic carbocycles. The van der Waals surface area contributed by atoms with Crippen LogP contribution in [0, 0.1) is 5.82 Å². The van der Waals surface area contributed by atoms with Crippen LogP contribution in [0.25, 0.3) is 0 Å². The molecular weight excluding hydrogens is 415 g/mol. The summed E-state index contributed by atoms with van der Waals surface area (Å²) in [6, 6.07) is 6.99. The lowest BCUT2D eigenvalue weighted by Crippen LogP contribution is -2.50. The number of carbonyl (C=O) groups is 2. The zero-order valence-corrected chi connectivity index (χ0v) is 19.2. The third kappa shape index (κ3) is 4.91. The fraction of sp³-hybridized carbons (Fsp3) is 0.652. The molecule has 31 heavy (non-hydrogen) atoms. The first-order chi connectivity index (χ1) is 14.9. The van der Waals surface area contributed by atoms with Crippen LogP contribution in [0.5, 0.6) is 0 Å². The fourth-order valence-corrected chi connectivity index (χ4v) is 6.46. The Balaban J connectivity index is 1.15. The molecular formula is C23H33FN4O2S. The number of hydrazine groups is 1. The first-order valence-electron chi connectivity index (χ1n) is 11.3. The van der Waals surface area contributed by atoms with Crippen molar-refractivity contribution in [1.82, 2.24) is 20.7 Å². The highest BCUT2D eigenvalue weighted by Gasteiger charge is 2.53. The van der Waals surface area contributed by atoms with E-state index in [-0.39, 0.29) is 34.6 Å². The average Bonchev–Trinajstić information content (AvgIpc) is 3.43. The number of carbonyl (C=O) groups excluding carboxylic acids is 2. The Morgan fingerprint density at radius 2 is 2.16 bits per heavy atom. The summed E-state index contributed by atoms with van der Waals surface area (Å²) in [5.41, 5.74) is 7.59. The molecule has 2 amide bonds. The molecule has 3 aliphatic rings. The normalized spacial score (nSPS) is 30.1. The molecule has 0 aromatic heterocycles. The van der Waals surface area contributed by atoms with Gasteiger partial charge in [-0.3, -0.25) is 20.4 Å². The van der Waals surface area contributed by atoms with Gasteiger partial charge in [0.2, 0.25) is 11.8 Å². The van der Waals surface area contributed by atoms with Crippen LogP contribution in [0.3, 0.4) is 0 Å². The maximum atomic E-state index is 13.4. The Morgan fingerprint density at radius 3 is 2.97 bits per heavy atom. The van der Waals surface area contributed by atoms with E-state index in [2.05, 4.69) is 17.8 Å². The second kappa shape index (κ2) is 9.46. The van der Waals surface area contributed by atoms with Gasteiger partial charge in [-0.2, -0.15) is 0 Å². The highest BCUT2D eigenvalue weighted by Crippen LogP contribution is 2.47. The second-order valence-electron chi connectivity index (χ2n) is 9.20. The van der Waals surface area contributed by atoms with E-state index in [1.165, 1.54) is 6.07 Å². The third-order valence-electron chi connectivity index (χ3n) is 6.89. The highest BCUT2D eigenvalue weighted by atomic mass is 32.2. The molecule has 2 N–H and O–H groups in total. The smallest absolute Gasteiger partial charge is 0.246 e. The van der Waals surface area contributed by atoms with Gasteiger partial charge >= 0.3 is 0 Å². The molecule has 3 fully saturated rings. The number of nitrogens with one attached hydrogen (secondary N) is 2. The summed E-state index contributed by atoms with van der Waals surface area (Å²) in [6.45, 7) is 2.81. The number of hydrogen-bond acceptors (Lipinski definition) is 5. The van der Waals surface area contributed by atoms with Gasteiger partial charge in [-0.15, -0.1) is 11.8 Å². The molecule has 3 saturated heterocycles. The van der Waals surface area contributed by atoms with Crippen molar-refractivity contribution in [2.75, 3.05) is 19.3 Å². The van der Waals surface area contributed by atoms with Crippen LogP contribution in [0.15, 0.2) is 24.3 Å². The number of benzene rings is 1. The minimum atomic E-state index is -0.302. The van der Waals surface area contributed by atoms with Crippen LogP contribution < -0.4 is 10.9 Å². The number of amides is 2. The van der Waals surface area contributed by atoms with E-state index < -0.39 is 0 Å². The monoisotopic (exact) mass is 448 g/mol. The first-order valence-corrected chi connectivity index (χ1v) is 12.3. The number of hydrogen-bond donors (Lipinski definition) is 2. The Labute approximate surface area is 188 Å². The lowest BCUT2D eigenvalue weighted by atomic mass is 9.99. The molecule has 4 rings (SSSR count). The van der Waals surface area contributed by atoms with E-state index in [0.717, 1.165) is 50.6 Å². The first kappa shape index (κ1) is 22.6. The van der Waals surface area contributed by atoms with Crippen LogP contribution in [0.2, 0.25) is 0 Å². The molecule has 8 heteroatoms. The number of nitrogens with zero attached hydrogens (tertiary/aromatic N) is 2. The molecule has 0 spiro atoms. The Kier molecular flexibility index (Phi) is 6.89. The standard InChI is InChI=1S/C23H33FN4O2S/c1-23-11-10-21(29)28(23)20(15-31-23)22(30)27(2)12-5-3-4-9-18-14-19(26-25-18)16-7-6-8-17(24)13-16/h6-8,13,18-20,25-26H,3-5,9-12,14-15H2,1-2H3. The van der Waals surface area contributed by atoms with Crippen molar-refractivity contribution in [3.8, 4) is 0 Å². The van der Waals surface area contributed by atoms with Crippen LogP contribution in [0.4, 0.5) is 4.39 Å². The topological polar surface area (TPSA) is 64.7 Å². The van der Waals surface area contributed by atoms with Crippen molar-refractivity contribution >= 4 is 23.6 Å². The Morgan fingerprint density at radius 1 is 1.32 bits per heavy atom. The van der Waals surface area contributed by atoms with Crippen molar-refractivity contribution in [1.29, 1.82) is 0 Å². The van der Waals surface area contributed by atoms with Crippen LogP contribution >= 0.6 is 11.8 Å². The molecule has 1 aromatic carbocycles. The molecule has 4 atom stereocenters. The van der Waals surface area contributed by atoms with Gasteiger partial charge in [0, 0.05) is 37.8 Å². The minimum Gasteiger partial charge on any atom is -0.344 e. The van der Waals surface area contributed by atoms with Crippen molar-refractivity contribution < 1.29 is 14.0 Å². The predicted octanol–water partition coefficient (Wildman–Crippen LogP) is 3.21. The average molecular weight is 449 g/mol. The van der Waals surface area contributed by atoms with Crippen LogP contribution in [-0.2, 0) is 9.59 Å². The summed E-state index contributed by atoms with van der Waals surface area (Å²) in [4.78, 5) is 28.6. The van der Waals surface area contributed by atoms with Gasteiger partial charge in [0.1, 0.15) is 11.9 Å². The van der Waals surface area contributed by atoms with E-state index >= 15 is 0 Å². The second-order valence-corrected chi connectivity index (χ2v) is 10.7. The number of unbranched alkanes of at least 4 members (excludes halogenated alkanes) is 2. The zero-order chi connectivity index (χ0) is 22.0. The van der Waals surface area contributed by atoms with Crippen molar-refractivity contribution in [2.24, 2.45) is 0 Å². The van der Waals surface area contributed by atoms with Crippen molar-refractivity contribution in [3.63, 3.8) is 0 Å². The van der Waals surface area contributed by atoms with Crippen molar-refractivity contribution in [3.05, 3.63) is 35.6 Å². The minimum absolute atomic E-state index is 0.0751. The summed E-state index contributed by atoms with van der Waals surface area (Å²) in [7, 11) is 1.86. The summed E-state index contributed by atoms with van der Waals surface area (Å²) >= 11 is 1.74. The number of thioether (sulfide) groups is 1. The molecule has 3 aliphatic heterocycles. The van der Waals surface area contributed by atoms with Gasteiger partial charge in [-0.05, 0) is 50.3 Å². The lowest BCUT2D eigenvalue weighted by molar-refractivity contribution is -0.142. The molecule has 0 radical (unpaired) electrons. The molecule has 6 nitrogen and oxygen atoms in total. The quantitative estimate of drug-likeness (QED) is 0.598. The van der Waals surface area contributed by atoms with E-state index in [1.807, 2.05) is 18.0 Å². The van der Waals surface area contributed by atoms with Gasteiger partial charge in [0.15, 0.2) is 0 Å². The largest absolute Gasteiger partial charge is 0.344 e.